The van der Waals surface area contributed by atoms with Gasteiger partial charge in [0.1, 0.15) is 11.6 Å². The van der Waals surface area contributed by atoms with Gasteiger partial charge in [0.05, 0.1) is 11.7 Å². The molecule has 0 N–H and O–H groups in total. The van der Waals surface area contributed by atoms with Gasteiger partial charge in [0, 0.05) is 34.9 Å². The van der Waals surface area contributed by atoms with Crippen LogP contribution >= 0.6 is 15.9 Å². The maximum absolute atomic E-state index is 13.2. The minimum Gasteiger partial charge on any atom is -0.341 e. The predicted octanol–water partition coefficient (Wildman–Crippen LogP) is 4.13. The van der Waals surface area contributed by atoms with Crippen LogP contribution in [-0.2, 0) is 6.54 Å². The van der Waals surface area contributed by atoms with Crippen LogP contribution in [0, 0.1) is 11.6 Å². The third-order valence-electron chi connectivity index (χ3n) is 2.91. The van der Waals surface area contributed by atoms with Crippen molar-refractivity contribution in [2.24, 2.45) is 0 Å². The molecule has 0 amide bonds. The van der Waals surface area contributed by atoms with E-state index in [4.69, 9.17) is 0 Å². The van der Waals surface area contributed by atoms with Gasteiger partial charge in [0.25, 0.3) is 0 Å². The normalized spacial score (nSPS) is 11.1. The molecule has 0 atom stereocenters. The summed E-state index contributed by atoms with van der Waals surface area (Å²) >= 11 is 3.46. The van der Waals surface area contributed by atoms with E-state index in [1.165, 1.54) is 12.1 Å². The second-order valence-electron chi connectivity index (χ2n) is 4.28. The molecule has 0 unspecified atom stereocenters. The summed E-state index contributed by atoms with van der Waals surface area (Å²) < 4.78 is 29.2. The Bertz CT molecular complexity index is 732. The van der Waals surface area contributed by atoms with E-state index in [-0.39, 0.29) is 0 Å². The van der Waals surface area contributed by atoms with Crippen molar-refractivity contribution in [1.29, 1.82) is 0 Å². The van der Waals surface area contributed by atoms with Crippen LogP contribution in [0.1, 0.15) is 5.56 Å². The molecule has 0 bridgehead atoms. The molecule has 5 heteroatoms. The number of benzene rings is 1. The molecule has 0 saturated heterocycles. The smallest absolute Gasteiger partial charge is 0.126 e. The predicted molar refractivity (Wildman–Crippen MR) is 72.9 cm³/mol. The highest BCUT2D eigenvalue weighted by Crippen LogP contribution is 2.26. The van der Waals surface area contributed by atoms with Gasteiger partial charge in [0.2, 0.25) is 0 Å². The first-order chi connectivity index (χ1) is 9.13. The summed E-state index contributed by atoms with van der Waals surface area (Å²) in [4.78, 5) is 4.07. The fourth-order valence-electron chi connectivity index (χ4n) is 2.12. The zero-order chi connectivity index (χ0) is 13.4. The zero-order valence-corrected chi connectivity index (χ0v) is 11.4. The molecule has 3 rings (SSSR count). The van der Waals surface area contributed by atoms with Crippen molar-refractivity contribution in [1.82, 2.24) is 9.55 Å². The molecule has 0 aliphatic heterocycles. The summed E-state index contributed by atoms with van der Waals surface area (Å²) in [5.41, 5.74) is 1.49. The van der Waals surface area contributed by atoms with Gasteiger partial charge >= 0.3 is 0 Å². The quantitative estimate of drug-likeness (QED) is 0.693. The third-order valence-corrected chi connectivity index (χ3v) is 3.54. The van der Waals surface area contributed by atoms with Crippen LogP contribution in [-0.4, -0.2) is 9.55 Å². The monoisotopic (exact) mass is 322 g/mol. The van der Waals surface area contributed by atoms with E-state index in [1.54, 1.807) is 12.4 Å². The topological polar surface area (TPSA) is 17.8 Å². The van der Waals surface area contributed by atoms with Crippen LogP contribution in [0.2, 0.25) is 0 Å². The summed E-state index contributed by atoms with van der Waals surface area (Å²) in [6.07, 6.45) is 5.32. The van der Waals surface area contributed by atoms with Crippen LogP contribution in [0.15, 0.2) is 47.3 Å². The average Bonchev–Trinajstić information content (AvgIpc) is 2.66. The van der Waals surface area contributed by atoms with Gasteiger partial charge in [-0.2, -0.15) is 0 Å². The molecule has 96 valence electrons. The van der Waals surface area contributed by atoms with E-state index >= 15 is 0 Å². The minimum absolute atomic E-state index is 0.391. The number of halogens is 3. The first kappa shape index (κ1) is 12.3. The zero-order valence-electron chi connectivity index (χ0n) is 9.78. The maximum atomic E-state index is 13.2. The Morgan fingerprint density at radius 2 is 1.89 bits per heavy atom. The van der Waals surface area contributed by atoms with Crippen LogP contribution in [0.25, 0.3) is 10.9 Å². The molecule has 1 aromatic carbocycles. The highest BCUT2D eigenvalue weighted by molar-refractivity contribution is 9.10. The van der Waals surface area contributed by atoms with Crippen molar-refractivity contribution >= 4 is 26.8 Å². The Hall–Kier alpha value is -1.75. The number of rotatable bonds is 2. The fraction of sp³-hybridized carbons (Fsp3) is 0.0714. The van der Waals surface area contributed by atoms with Gasteiger partial charge in [0.15, 0.2) is 0 Å². The Kier molecular flexibility index (Phi) is 3.06. The lowest BCUT2D eigenvalue weighted by molar-refractivity contribution is 0.578. The molecule has 3 aromatic rings. The maximum Gasteiger partial charge on any atom is 0.126 e. The fourth-order valence-corrected chi connectivity index (χ4v) is 2.71. The number of hydrogen-bond donors (Lipinski definition) is 0. The molecular weight excluding hydrogens is 314 g/mol. The molecule has 0 aliphatic carbocycles. The van der Waals surface area contributed by atoms with E-state index in [1.807, 2.05) is 16.8 Å². The molecule has 0 spiro atoms. The summed E-state index contributed by atoms with van der Waals surface area (Å²) in [6.45, 7) is 0.391. The SMILES string of the molecule is Fc1cc(F)cc(Cn2cc(Br)c3ccncc32)c1. The van der Waals surface area contributed by atoms with Crippen LogP contribution in [0.5, 0.6) is 0 Å². The number of hydrogen-bond acceptors (Lipinski definition) is 1. The second kappa shape index (κ2) is 4.74. The number of pyridine rings is 1. The van der Waals surface area contributed by atoms with Crippen LogP contribution in [0.3, 0.4) is 0 Å². The Balaban J connectivity index is 2.06. The number of nitrogens with zero attached hydrogens (tertiary/aromatic N) is 2. The second-order valence-corrected chi connectivity index (χ2v) is 5.13. The summed E-state index contributed by atoms with van der Waals surface area (Å²) in [5, 5.41) is 1.02. The van der Waals surface area contributed by atoms with E-state index in [0.717, 1.165) is 21.4 Å². The lowest BCUT2D eigenvalue weighted by Crippen LogP contribution is -1.99. The lowest BCUT2D eigenvalue weighted by atomic mass is 10.2. The van der Waals surface area contributed by atoms with E-state index in [9.17, 15) is 8.78 Å². The van der Waals surface area contributed by atoms with Gasteiger partial charge < -0.3 is 4.57 Å². The van der Waals surface area contributed by atoms with Crippen molar-refractivity contribution in [3.8, 4) is 0 Å². The highest BCUT2D eigenvalue weighted by Gasteiger charge is 2.08. The van der Waals surface area contributed by atoms with Crippen molar-refractivity contribution in [2.75, 3.05) is 0 Å². The third kappa shape index (κ3) is 2.38. The molecule has 19 heavy (non-hydrogen) atoms. The lowest BCUT2D eigenvalue weighted by Gasteiger charge is -2.05. The average molecular weight is 323 g/mol. The van der Waals surface area contributed by atoms with Crippen molar-refractivity contribution in [2.45, 2.75) is 6.54 Å². The van der Waals surface area contributed by atoms with Crippen LogP contribution < -0.4 is 0 Å². The molecule has 2 nitrogen and oxygen atoms in total. The Morgan fingerprint density at radius 1 is 1.16 bits per heavy atom. The van der Waals surface area contributed by atoms with Gasteiger partial charge in [-0.15, -0.1) is 0 Å². The van der Waals surface area contributed by atoms with Gasteiger partial charge in [-0.05, 0) is 39.7 Å². The highest BCUT2D eigenvalue weighted by atomic mass is 79.9. The van der Waals surface area contributed by atoms with E-state index < -0.39 is 11.6 Å². The molecule has 2 aromatic heterocycles. The van der Waals surface area contributed by atoms with Crippen molar-refractivity contribution in [3.05, 3.63) is 64.5 Å². The van der Waals surface area contributed by atoms with Crippen molar-refractivity contribution in [3.63, 3.8) is 0 Å². The first-order valence-corrected chi connectivity index (χ1v) is 6.46. The largest absolute Gasteiger partial charge is 0.341 e. The molecule has 2 heterocycles. The number of fused-ring (bicyclic) bond motifs is 1. The standard InChI is InChI=1S/C14H9BrF2N2/c15-13-8-19(14-6-18-2-1-12(13)14)7-9-3-10(16)5-11(17)4-9/h1-6,8H,7H2. The molecular formula is C14H9BrF2N2. The first-order valence-electron chi connectivity index (χ1n) is 5.67. The van der Waals surface area contributed by atoms with Crippen molar-refractivity contribution < 1.29 is 8.78 Å². The Labute approximate surface area is 116 Å². The molecule has 0 saturated carbocycles. The van der Waals surface area contributed by atoms with Crippen LogP contribution in [0.4, 0.5) is 8.78 Å². The molecule has 0 fully saturated rings. The molecule has 0 aliphatic rings. The number of aromatic nitrogens is 2. The van der Waals surface area contributed by atoms with E-state index in [2.05, 4.69) is 20.9 Å². The van der Waals surface area contributed by atoms with E-state index in [0.29, 0.717) is 12.1 Å². The van der Waals surface area contributed by atoms with Gasteiger partial charge in [-0.3, -0.25) is 4.98 Å². The minimum atomic E-state index is -0.566. The Morgan fingerprint density at radius 3 is 2.63 bits per heavy atom. The molecule has 0 radical (unpaired) electrons. The van der Waals surface area contributed by atoms with Gasteiger partial charge in [-0.1, -0.05) is 0 Å². The summed E-state index contributed by atoms with van der Waals surface area (Å²) in [5.74, 6) is -1.13. The summed E-state index contributed by atoms with van der Waals surface area (Å²) in [7, 11) is 0. The van der Waals surface area contributed by atoms with Gasteiger partial charge in [-0.25, -0.2) is 8.78 Å². The summed E-state index contributed by atoms with van der Waals surface area (Å²) in [6, 6.07) is 5.43.